The Hall–Kier alpha value is -1.13. The summed E-state index contributed by atoms with van der Waals surface area (Å²) >= 11 is 0. The van der Waals surface area contributed by atoms with Crippen LogP contribution < -0.4 is 11.5 Å². The average molecular weight is 167 g/mol. The summed E-state index contributed by atoms with van der Waals surface area (Å²) in [5.41, 5.74) is 12.7. The van der Waals surface area contributed by atoms with E-state index in [0.717, 1.165) is 5.56 Å². The van der Waals surface area contributed by atoms with E-state index in [1.807, 2.05) is 0 Å². The molecule has 1 unspecified atom stereocenters. The summed E-state index contributed by atoms with van der Waals surface area (Å²) in [4.78, 5) is 3.90. The van der Waals surface area contributed by atoms with Crippen molar-refractivity contribution >= 4 is 5.69 Å². The Morgan fingerprint density at radius 2 is 2.25 bits per heavy atom. The molecule has 1 aromatic rings. The fourth-order valence-electron chi connectivity index (χ4n) is 0.985. The van der Waals surface area contributed by atoms with Crippen molar-refractivity contribution < 1.29 is 5.11 Å². The topological polar surface area (TPSA) is 85.2 Å². The maximum atomic E-state index is 8.64. The van der Waals surface area contributed by atoms with Crippen LogP contribution in [0.2, 0.25) is 0 Å². The highest BCUT2D eigenvalue weighted by atomic mass is 16.3. The van der Waals surface area contributed by atoms with Gasteiger partial charge in [0.25, 0.3) is 0 Å². The van der Waals surface area contributed by atoms with E-state index in [1.54, 1.807) is 18.5 Å². The summed E-state index contributed by atoms with van der Waals surface area (Å²) in [6.07, 6.45) is 3.76. The predicted octanol–water partition coefficient (Wildman–Crippen LogP) is 0.0460. The number of aliphatic hydroxyl groups is 1. The van der Waals surface area contributed by atoms with Gasteiger partial charge in [-0.1, -0.05) is 0 Å². The van der Waals surface area contributed by atoms with Crippen molar-refractivity contribution in [3.05, 3.63) is 24.0 Å². The molecule has 0 saturated heterocycles. The van der Waals surface area contributed by atoms with E-state index in [2.05, 4.69) is 4.98 Å². The van der Waals surface area contributed by atoms with Gasteiger partial charge in [-0.15, -0.1) is 0 Å². The molecular formula is C8H13N3O. The van der Waals surface area contributed by atoms with Gasteiger partial charge in [-0.25, -0.2) is 0 Å². The van der Waals surface area contributed by atoms with Crippen molar-refractivity contribution in [1.82, 2.24) is 4.98 Å². The number of pyridine rings is 1. The van der Waals surface area contributed by atoms with Crippen LogP contribution in [0.25, 0.3) is 0 Å². The van der Waals surface area contributed by atoms with Crippen LogP contribution in [0.1, 0.15) is 18.0 Å². The number of hydrogen-bond acceptors (Lipinski definition) is 4. The van der Waals surface area contributed by atoms with Gasteiger partial charge in [0, 0.05) is 25.0 Å². The molecule has 1 aromatic heterocycles. The maximum Gasteiger partial charge on any atom is 0.0503 e. The van der Waals surface area contributed by atoms with Crippen molar-refractivity contribution in [2.75, 3.05) is 12.3 Å². The molecule has 0 amide bonds. The Morgan fingerprint density at radius 3 is 2.83 bits per heavy atom. The highest BCUT2D eigenvalue weighted by Gasteiger charge is 2.04. The number of nitrogen functional groups attached to an aromatic ring is 1. The molecule has 12 heavy (non-hydrogen) atoms. The van der Waals surface area contributed by atoms with Gasteiger partial charge in [-0.05, 0) is 18.1 Å². The number of hydrogen-bond donors (Lipinski definition) is 3. The van der Waals surface area contributed by atoms with E-state index in [0.29, 0.717) is 12.1 Å². The quantitative estimate of drug-likeness (QED) is 0.593. The van der Waals surface area contributed by atoms with Gasteiger partial charge >= 0.3 is 0 Å². The Kier molecular flexibility index (Phi) is 3.01. The minimum Gasteiger partial charge on any atom is -0.397 e. The fourth-order valence-corrected chi connectivity index (χ4v) is 0.985. The highest BCUT2D eigenvalue weighted by Crippen LogP contribution is 2.14. The molecule has 1 atom stereocenters. The lowest BCUT2D eigenvalue weighted by atomic mass is 10.1. The van der Waals surface area contributed by atoms with Gasteiger partial charge in [0.2, 0.25) is 0 Å². The second-order valence-corrected chi connectivity index (χ2v) is 2.67. The minimum atomic E-state index is -0.175. The lowest BCUT2D eigenvalue weighted by molar-refractivity contribution is 0.276. The average Bonchev–Trinajstić information content (AvgIpc) is 2.05. The van der Waals surface area contributed by atoms with Gasteiger partial charge in [-0.3, -0.25) is 4.98 Å². The summed E-state index contributed by atoms with van der Waals surface area (Å²) < 4.78 is 0. The molecule has 0 spiro atoms. The zero-order valence-corrected chi connectivity index (χ0v) is 6.77. The van der Waals surface area contributed by atoms with E-state index in [1.165, 1.54) is 0 Å². The molecule has 66 valence electrons. The van der Waals surface area contributed by atoms with Gasteiger partial charge in [0.15, 0.2) is 0 Å². The third kappa shape index (κ3) is 2.18. The van der Waals surface area contributed by atoms with Crippen molar-refractivity contribution in [3.63, 3.8) is 0 Å². The number of aromatic nitrogens is 1. The third-order valence-corrected chi connectivity index (χ3v) is 1.65. The molecule has 4 nitrogen and oxygen atoms in total. The lowest BCUT2D eigenvalue weighted by Gasteiger charge is -2.09. The van der Waals surface area contributed by atoms with Gasteiger partial charge in [-0.2, -0.15) is 0 Å². The molecule has 5 N–H and O–H groups in total. The summed E-state index contributed by atoms with van der Waals surface area (Å²) in [7, 11) is 0. The van der Waals surface area contributed by atoms with E-state index < -0.39 is 0 Å². The molecule has 1 rings (SSSR count). The number of anilines is 1. The van der Waals surface area contributed by atoms with Crippen LogP contribution in [0.4, 0.5) is 5.69 Å². The second-order valence-electron chi connectivity index (χ2n) is 2.67. The van der Waals surface area contributed by atoms with Crippen molar-refractivity contribution in [2.24, 2.45) is 5.73 Å². The Balaban J connectivity index is 2.73. The molecule has 0 bridgehead atoms. The Labute approximate surface area is 71.2 Å². The smallest absolute Gasteiger partial charge is 0.0503 e. The Morgan fingerprint density at radius 1 is 1.50 bits per heavy atom. The number of nitrogens with two attached hydrogens (primary N) is 2. The SMILES string of the molecule is Nc1cncc(C(N)CCO)c1. The summed E-state index contributed by atoms with van der Waals surface area (Å²) in [6.45, 7) is 0.0793. The molecule has 0 fully saturated rings. The summed E-state index contributed by atoms with van der Waals surface area (Å²) in [6, 6.07) is 1.60. The van der Waals surface area contributed by atoms with E-state index in [-0.39, 0.29) is 12.6 Å². The van der Waals surface area contributed by atoms with Crippen LogP contribution in [0.3, 0.4) is 0 Å². The molecular weight excluding hydrogens is 154 g/mol. The molecule has 0 aliphatic carbocycles. The van der Waals surface area contributed by atoms with E-state index in [9.17, 15) is 0 Å². The molecule has 0 saturated carbocycles. The Bertz CT molecular complexity index is 252. The van der Waals surface area contributed by atoms with Crippen LogP contribution in [-0.2, 0) is 0 Å². The van der Waals surface area contributed by atoms with Crippen LogP contribution in [0.15, 0.2) is 18.5 Å². The van der Waals surface area contributed by atoms with Crippen LogP contribution in [0, 0.1) is 0 Å². The van der Waals surface area contributed by atoms with Crippen molar-refractivity contribution in [3.8, 4) is 0 Å². The minimum absolute atomic E-state index is 0.0793. The van der Waals surface area contributed by atoms with E-state index in [4.69, 9.17) is 16.6 Å². The molecule has 0 aromatic carbocycles. The van der Waals surface area contributed by atoms with Crippen LogP contribution >= 0.6 is 0 Å². The zero-order chi connectivity index (χ0) is 8.97. The molecule has 0 aliphatic heterocycles. The second kappa shape index (κ2) is 4.04. The third-order valence-electron chi connectivity index (χ3n) is 1.65. The standard InChI is InChI=1S/C8H13N3O/c9-7-3-6(4-11-5-7)8(10)1-2-12/h3-5,8,12H,1-2,9-10H2. The summed E-state index contributed by atoms with van der Waals surface area (Å²) in [5, 5.41) is 8.64. The van der Waals surface area contributed by atoms with Gasteiger partial charge in [0.05, 0.1) is 5.69 Å². The zero-order valence-electron chi connectivity index (χ0n) is 6.77. The van der Waals surface area contributed by atoms with Crippen molar-refractivity contribution in [1.29, 1.82) is 0 Å². The molecule has 0 aliphatic rings. The lowest BCUT2D eigenvalue weighted by Crippen LogP contribution is -2.12. The predicted molar refractivity (Wildman–Crippen MR) is 47.3 cm³/mol. The molecule has 1 heterocycles. The number of rotatable bonds is 3. The van der Waals surface area contributed by atoms with Crippen LogP contribution in [0.5, 0.6) is 0 Å². The summed E-state index contributed by atoms with van der Waals surface area (Å²) in [5.74, 6) is 0. The first-order valence-electron chi connectivity index (χ1n) is 3.81. The largest absolute Gasteiger partial charge is 0.397 e. The van der Waals surface area contributed by atoms with Gasteiger partial charge < -0.3 is 16.6 Å². The monoisotopic (exact) mass is 167 g/mol. The first-order valence-corrected chi connectivity index (χ1v) is 3.81. The maximum absolute atomic E-state index is 8.64. The number of aliphatic hydroxyl groups excluding tert-OH is 1. The number of nitrogens with zero attached hydrogens (tertiary/aromatic N) is 1. The highest BCUT2D eigenvalue weighted by molar-refractivity contribution is 5.37. The molecule has 0 radical (unpaired) electrons. The first kappa shape index (κ1) is 8.96. The fraction of sp³-hybridized carbons (Fsp3) is 0.375. The molecule has 4 heteroatoms. The van der Waals surface area contributed by atoms with Crippen LogP contribution in [-0.4, -0.2) is 16.7 Å². The normalized spacial score (nSPS) is 12.8. The van der Waals surface area contributed by atoms with Gasteiger partial charge in [0.1, 0.15) is 0 Å². The van der Waals surface area contributed by atoms with E-state index >= 15 is 0 Å². The van der Waals surface area contributed by atoms with Crippen molar-refractivity contribution in [2.45, 2.75) is 12.5 Å². The first-order chi connectivity index (χ1) is 5.74.